The molecule has 0 aliphatic rings. The van der Waals surface area contributed by atoms with E-state index in [1.54, 1.807) is 6.92 Å². The average Bonchev–Trinajstić information content (AvgIpc) is 2.42. The maximum absolute atomic E-state index is 11.9. The highest BCUT2D eigenvalue weighted by molar-refractivity contribution is 9.11. The zero-order chi connectivity index (χ0) is 13.2. The van der Waals surface area contributed by atoms with Crippen molar-refractivity contribution >= 4 is 43.3 Å². The third-order valence-corrected chi connectivity index (χ3v) is 5.37. The molecule has 0 aliphatic carbocycles. The number of aryl methyl sites for hydroxylation is 1. The number of carbonyl (C=O) groups is 1. The van der Waals surface area contributed by atoms with E-state index in [9.17, 15) is 13.2 Å². The van der Waals surface area contributed by atoms with Gasteiger partial charge in [0, 0.05) is 10.9 Å². The number of carboxylic acid groups (broad SMARTS) is 1. The van der Waals surface area contributed by atoms with Crippen LogP contribution in [0.3, 0.4) is 0 Å². The van der Waals surface area contributed by atoms with Crippen molar-refractivity contribution in [1.29, 1.82) is 0 Å². The molecule has 0 radical (unpaired) electrons. The molecule has 0 aliphatic heterocycles. The third kappa shape index (κ3) is 4.06. The third-order valence-electron chi connectivity index (χ3n) is 1.97. The van der Waals surface area contributed by atoms with E-state index in [4.69, 9.17) is 5.11 Å². The fraction of sp³-hybridized carbons (Fsp3) is 0.444. The van der Waals surface area contributed by atoms with Crippen molar-refractivity contribution in [3.8, 4) is 0 Å². The molecule has 5 nitrogen and oxygen atoms in total. The van der Waals surface area contributed by atoms with Crippen LogP contribution in [0, 0.1) is 6.92 Å². The van der Waals surface area contributed by atoms with E-state index in [1.165, 1.54) is 24.3 Å². The monoisotopic (exact) mass is 341 g/mol. The highest BCUT2D eigenvalue weighted by atomic mass is 79.9. The predicted molar refractivity (Wildman–Crippen MR) is 68.8 cm³/mol. The summed E-state index contributed by atoms with van der Waals surface area (Å²) in [6.07, 6.45) is -0.246. The summed E-state index contributed by atoms with van der Waals surface area (Å²) in [6.45, 7) is 3.22. The SMILES string of the molecule is Cc1sc(Br)cc1S(=O)(=O)NC(C)CC(=O)O. The first-order valence-electron chi connectivity index (χ1n) is 4.72. The molecule has 0 amide bonds. The van der Waals surface area contributed by atoms with Crippen molar-refractivity contribution < 1.29 is 18.3 Å². The Labute approximate surface area is 112 Å². The van der Waals surface area contributed by atoms with E-state index >= 15 is 0 Å². The minimum Gasteiger partial charge on any atom is -0.481 e. The molecule has 1 atom stereocenters. The number of hydrogen-bond acceptors (Lipinski definition) is 4. The molecular weight excluding hydrogens is 330 g/mol. The van der Waals surface area contributed by atoms with Crippen LogP contribution in [0.15, 0.2) is 14.7 Å². The van der Waals surface area contributed by atoms with Gasteiger partial charge in [0.1, 0.15) is 0 Å². The lowest BCUT2D eigenvalue weighted by Gasteiger charge is -2.11. The number of nitrogens with one attached hydrogen (secondary N) is 1. The number of rotatable bonds is 5. The Bertz CT molecular complexity index is 523. The minimum atomic E-state index is -3.65. The number of halogens is 1. The van der Waals surface area contributed by atoms with Crippen LogP contribution in [0.1, 0.15) is 18.2 Å². The van der Waals surface area contributed by atoms with Crippen LogP contribution >= 0.6 is 27.3 Å². The first kappa shape index (κ1) is 14.6. The van der Waals surface area contributed by atoms with Crippen molar-refractivity contribution in [3.63, 3.8) is 0 Å². The van der Waals surface area contributed by atoms with Gasteiger partial charge >= 0.3 is 5.97 Å². The molecule has 96 valence electrons. The molecule has 0 spiro atoms. The number of carboxylic acids is 1. The second-order valence-corrected chi connectivity index (χ2v) is 7.91. The van der Waals surface area contributed by atoms with Crippen LogP contribution in [0.5, 0.6) is 0 Å². The van der Waals surface area contributed by atoms with Gasteiger partial charge < -0.3 is 5.11 Å². The smallest absolute Gasteiger partial charge is 0.304 e. The number of hydrogen-bond donors (Lipinski definition) is 2. The van der Waals surface area contributed by atoms with Gasteiger partial charge in [0.05, 0.1) is 15.1 Å². The molecule has 8 heteroatoms. The highest BCUT2D eigenvalue weighted by Crippen LogP contribution is 2.29. The van der Waals surface area contributed by atoms with E-state index < -0.39 is 22.0 Å². The molecule has 2 N–H and O–H groups in total. The Kier molecular flexibility index (Phi) is 4.70. The summed E-state index contributed by atoms with van der Waals surface area (Å²) in [5.74, 6) is -1.04. The van der Waals surface area contributed by atoms with Crippen LogP contribution in [0.4, 0.5) is 0 Å². The molecule has 0 saturated carbocycles. The van der Waals surface area contributed by atoms with E-state index in [0.29, 0.717) is 4.88 Å². The number of sulfonamides is 1. The zero-order valence-corrected chi connectivity index (χ0v) is 12.4. The Morgan fingerprint density at radius 3 is 2.65 bits per heavy atom. The van der Waals surface area contributed by atoms with Crippen molar-refractivity contribution in [3.05, 3.63) is 14.7 Å². The quantitative estimate of drug-likeness (QED) is 0.857. The normalized spacial score (nSPS) is 13.6. The van der Waals surface area contributed by atoms with E-state index in [-0.39, 0.29) is 11.3 Å². The van der Waals surface area contributed by atoms with Crippen molar-refractivity contribution in [2.45, 2.75) is 31.2 Å². The summed E-state index contributed by atoms with van der Waals surface area (Å²) in [4.78, 5) is 11.3. The Morgan fingerprint density at radius 2 is 2.24 bits per heavy atom. The summed E-state index contributed by atoms with van der Waals surface area (Å²) in [5, 5.41) is 8.57. The molecule has 1 aromatic heterocycles. The van der Waals surface area contributed by atoms with Gasteiger partial charge in [0.2, 0.25) is 10.0 Å². The van der Waals surface area contributed by atoms with Gasteiger partial charge in [0.25, 0.3) is 0 Å². The Morgan fingerprint density at radius 1 is 1.65 bits per heavy atom. The summed E-state index contributed by atoms with van der Waals surface area (Å²) >= 11 is 4.53. The van der Waals surface area contributed by atoms with Crippen LogP contribution in [-0.2, 0) is 14.8 Å². The second-order valence-electron chi connectivity index (χ2n) is 3.59. The first-order valence-corrected chi connectivity index (χ1v) is 7.81. The molecule has 1 heterocycles. The second kappa shape index (κ2) is 5.47. The zero-order valence-electron chi connectivity index (χ0n) is 9.23. The van der Waals surface area contributed by atoms with Gasteiger partial charge in [-0.05, 0) is 35.8 Å². The molecule has 1 aromatic rings. The number of aliphatic carboxylic acids is 1. The fourth-order valence-electron chi connectivity index (χ4n) is 1.33. The van der Waals surface area contributed by atoms with Crippen LogP contribution in [0.25, 0.3) is 0 Å². The maximum Gasteiger partial charge on any atom is 0.304 e. The summed E-state index contributed by atoms with van der Waals surface area (Å²) < 4.78 is 26.9. The first-order chi connectivity index (χ1) is 7.72. The Balaban J connectivity index is 2.89. The van der Waals surface area contributed by atoms with Crippen molar-refractivity contribution in [2.24, 2.45) is 0 Å². The lowest BCUT2D eigenvalue weighted by Crippen LogP contribution is -2.34. The molecule has 1 rings (SSSR count). The van der Waals surface area contributed by atoms with Crippen LogP contribution in [-0.4, -0.2) is 25.5 Å². The lowest BCUT2D eigenvalue weighted by atomic mass is 10.3. The Hall–Kier alpha value is -0.440. The lowest BCUT2D eigenvalue weighted by molar-refractivity contribution is -0.137. The molecular formula is C9H12BrNO4S2. The van der Waals surface area contributed by atoms with Crippen LogP contribution in [0.2, 0.25) is 0 Å². The molecule has 0 aromatic carbocycles. The summed E-state index contributed by atoms with van der Waals surface area (Å²) in [7, 11) is -3.65. The molecule has 0 fully saturated rings. The predicted octanol–water partition coefficient (Wildman–Crippen LogP) is 1.96. The summed E-state index contributed by atoms with van der Waals surface area (Å²) in [6, 6.07) is 0.867. The van der Waals surface area contributed by atoms with Gasteiger partial charge in [-0.25, -0.2) is 13.1 Å². The van der Waals surface area contributed by atoms with Gasteiger partial charge in [-0.2, -0.15) is 0 Å². The van der Waals surface area contributed by atoms with Gasteiger partial charge in [-0.15, -0.1) is 11.3 Å². The van der Waals surface area contributed by atoms with Gasteiger partial charge in [-0.1, -0.05) is 0 Å². The van der Waals surface area contributed by atoms with Gasteiger partial charge in [-0.3, -0.25) is 4.79 Å². The largest absolute Gasteiger partial charge is 0.481 e. The van der Waals surface area contributed by atoms with Crippen molar-refractivity contribution in [2.75, 3.05) is 0 Å². The highest BCUT2D eigenvalue weighted by Gasteiger charge is 2.22. The minimum absolute atomic E-state index is 0.187. The number of thiophene rings is 1. The van der Waals surface area contributed by atoms with Gasteiger partial charge in [0.15, 0.2) is 0 Å². The summed E-state index contributed by atoms with van der Waals surface area (Å²) in [5.41, 5.74) is 0. The molecule has 1 unspecified atom stereocenters. The molecule has 0 saturated heterocycles. The fourth-order valence-corrected chi connectivity index (χ4v) is 4.99. The molecule has 17 heavy (non-hydrogen) atoms. The van der Waals surface area contributed by atoms with Crippen LogP contribution < -0.4 is 4.72 Å². The standard InChI is InChI=1S/C9H12BrNO4S2/c1-5(3-9(12)13)11-17(14,15)7-4-8(10)16-6(7)2/h4-5,11H,3H2,1-2H3,(H,12,13). The van der Waals surface area contributed by atoms with E-state index in [2.05, 4.69) is 20.7 Å². The topological polar surface area (TPSA) is 83.5 Å². The average molecular weight is 342 g/mol. The maximum atomic E-state index is 11.9. The van der Waals surface area contributed by atoms with E-state index in [1.807, 2.05) is 0 Å². The molecule has 0 bridgehead atoms. The van der Waals surface area contributed by atoms with Crippen molar-refractivity contribution in [1.82, 2.24) is 4.72 Å². The van der Waals surface area contributed by atoms with E-state index in [0.717, 1.165) is 3.79 Å².